The molecule has 2 aliphatic rings. The van der Waals surface area contributed by atoms with Crippen LogP contribution in [0.1, 0.15) is 20.3 Å². The summed E-state index contributed by atoms with van der Waals surface area (Å²) in [5.74, 6) is 1.24. The molecule has 2 aliphatic heterocycles. The van der Waals surface area contributed by atoms with Gasteiger partial charge < -0.3 is 15.5 Å². The van der Waals surface area contributed by atoms with E-state index in [1.54, 1.807) is 0 Å². The molecular formula is C11H20N4. The van der Waals surface area contributed by atoms with E-state index in [1.165, 1.54) is 11.4 Å². The fourth-order valence-electron chi connectivity index (χ4n) is 1.99. The first kappa shape index (κ1) is 10.5. The maximum Gasteiger partial charge on any atom is 0.117 e. The van der Waals surface area contributed by atoms with Crippen LogP contribution in [0.5, 0.6) is 0 Å². The van der Waals surface area contributed by atoms with Crippen molar-refractivity contribution in [1.29, 1.82) is 0 Å². The molecule has 0 aromatic rings. The molecule has 0 bridgehead atoms. The summed E-state index contributed by atoms with van der Waals surface area (Å²) in [5, 5.41) is 6.64. The second-order valence-corrected chi connectivity index (χ2v) is 4.29. The summed E-state index contributed by atoms with van der Waals surface area (Å²) >= 11 is 0. The minimum atomic E-state index is 0.201. The Morgan fingerprint density at radius 3 is 2.87 bits per heavy atom. The van der Waals surface area contributed by atoms with Crippen molar-refractivity contribution in [1.82, 2.24) is 15.5 Å². The summed E-state index contributed by atoms with van der Waals surface area (Å²) in [6.07, 6.45) is 3.27. The van der Waals surface area contributed by atoms with Crippen molar-refractivity contribution in [3.05, 3.63) is 11.8 Å². The fourth-order valence-corrected chi connectivity index (χ4v) is 1.99. The molecular weight excluding hydrogens is 188 g/mol. The lowest BCUT2D eigenvalue weighted by Crippen LogP contribution is -2.46. The highest BCUT2D eigenvalue weighted by atomic mass is 15.3. The van der Waals surface area contributed by atoms with Crippen LogP contribution in [-0.4, -0.2) is 43.1 Å². The molecule has 0 aromatic heterocycles. The number of hydrogen-bond acceptors (Lipinski definition) is 4. The molecule has 0 unspecified atom stereocenters. The third-order valence-corrected chi connectivity index (χ3v) is 2.83. The first-order chi connectivity index (χ1) is 7.25. The summed E-state index contributed by atoms with van der Waals surface area (Å²) in [5.41, 5.74) is 1.36. The molecule has 4 heteroatoms. The predicted molar refractivity (Wildman–Crippen MR) is 62.8 cm³/mol. The van der Waals surface area contributed by atoms with Crippen molar-refractivity contribution in [2.75, 3.05) is 26.2 Å². The highest BCUT2D eigenvalue weighted by molar-refractivity contribution is 5.85. The minimum Gasteiger partial charge on any atom is -0.370 e. The number of piperazine rings is 1. The molecule has 1 fully saturated rings. The fraction of sp³-hybridized carbons (Fsp3) is 0.727. The van der Waals surface area contributed by atoms with E-state index in [2.05, 4.69) is 35.6 Å². The molecule has 15 heavy (non-hydrogen) atoms. The van der Waals surface area contributed by atoms with Crippen molar-refractivity contribution >= 4 is 5.84 Å². The van der Waals surface area contributed by atoms with Gasteiger partial charge in [-0.1, -0.05) is 5.57 Å². The topological polar surface area (TPSA) is 39.7 Å². The first-order valence-corrected chi connectivity index (χ1v) is 5.70. The Morgan fingerprint density at radius 2 is 2.13 bits per heavy atom. The van der Waals surface area contributed by atoms with Crippen LogP contribution in [-0.2, 0) is 0 Å². The Labute approximate surface area is 91.4 Å². The van der Waals surface area contributed by atoms with Gasteiger partial charge in [0, 0.05) is 32.6 Å². The summed E-state index contributed by atoms with van der Waals surface area (Å²) in [6, 6.07) is 0. The maximum atomic E-state index is 4.70. The zero-order valence-electron chi connectivity index (χ0n) is 9.58. The van der Waals surface area contributed by atoms with E-state index in [0.717, 1.165) is 32.6 Å². The van der Waals surface area contributed by atoms with E-state index in [-0.39, 0.29) is 6.17 Å². The average molecular weight is 208 g/mol. The van der Waals surface area contributed by atoms with Crippen LogP contribution in [0, 0.1) is 0 Å². The number of rotatable bonds is 0. The van der Waals surface area contributed by atoms with Crippen molar-refractivity contribution in [2.24, 2.45) is 4.99 Å². The number of aliphatic imine (C=N–C) groups is 1. The van der Waals surface area contributed by atoms with Crippen LogP contribution in [0.25, 0.3) is 0 Å². The summed E-state index contributed by atoms with van der Waals surface area (Å²) < 4.78 is 0. The second kappa shape index (κ2) is 4.66. The van der Waals surface area contributed by atoms with Crippen molar-refractivity contribution < 1.29 is 0 Å². The van der Waals surface area contributed by atoms with Crippen LogP contribution < -0.4 is 10.6 Å². The zero-order chi connectivity index (χ0) is 10.7. The SMILES string of the molecule is CC1=CN[C@@H](C)N=C(N2CCNCC2)C1. The van der Waals surface area contributed by atoms with Crippen LogP contribution in [0.2, 0.25) is 0 Å². The molecule has 1 saturated heterocycles. The molecule has 0 spiro atoms. The third-order valence-electron chi connectivity index (χ3n) is 2.83. The lowest BCUT2D eigenvalue weighted by Gasteiger charge is -2.30. The normalized spacial score (nSPS) is 27.6. The Balaban J connectivity index is 2.08. The molecule has 0 aromatic carbocycles. The first-order valence-electron chi connectivity index (χ1n) is 5.70. The van der Waals surface area contributed by atoms with E-state index in [0.29, 0.717) is 0 Å². The summed E-state index contributed by atoms with van der Waals surface area (Å²) in [7, 11) is 0. The molecule has 0 saturated carbocycles. The van der Waals surface area contributed by atoms with Gasteiger partial charge in [-0.05, 0) is 20.0 Å². The Morgan fingerprint density at radius 1 is 1.40 bits per heavy atom. The minimum absolute atomic E-state index is 0.201. The second-order valence-electron chi connectivity index (χ2n) is 4.29. The van der Waals surface area contributed by atoms with E-state index >= 15 is 0 Å². The van der Waals surface area contributed by atoms with Gasteiger partial charge in [-0.15, -0.1) is 0 Å². The summed E-state index contributed by atoms with van der Waals surface area (Å²) in [4.78, 5) is 7.10. The van der Waals surface area contributed by atoms with Gasteiger partial charge in [0.1, 0.15) is 12.0 Å². The smallest absolute Gasteiger partial charge is 0.117 e. The molecule has 0 amide bonds. The van der Waals surface area contributed by atoms with Gasteiger partial charge >= 0.3 is 0 Å². The standard InChI is InChI=1S/C11H20N4/c1-9-7-11(14-10(2)13-8-9)15-5-3-12-4-6-15/h8,10,12-13H,3-7H2,1-2H3/t10-/m1/s1. The van der Waals surface area contributed by atoms with Gasteiger partial charge in [0.15, 0.2) is 0 Å². The lowest BCUT2D eigenvalue weighted by molar-refractivity contribution is 0.351. The van der Waals surface area contributed by atoms with Gasteiger partial charge in [0.2, 0.25) is 0 Å². The quantitative estimate of drug-likeness (QED) is 0.610. The highest BCUT2D eigenvalue weighted by Gasteiger charge is 2.17. The van der Waals surface area contributed by atoms with Crippen LogP contribution in [0.3, 0.4) is 0 Å². The molecule has 2 rings (SSSR count). The van der Waals surface area contributed by atoms with Crippen LogP contribution in [0.15, 0.2) is 16.8 Å². The van der Waals surface area contributed by atoms with Gasteiger partial charge in [-0.3, -0.25) is 0 Å². The number of nitrogens with zero attached hydrogens (tertiary/aromatic N) is 2. The number of hydrogen-bond donors (Lipinski definition) is 2. The van der Waals surface area contributed by atoms with E-state index in [1.807, 2.05) is 0 Å². The van der Waals surface area contributed by atoms with Gasteiger partial charge in [-0.2, -0.15) is 0 Å². The van der Waals surface area contributed by atoms with E-state index in [9.17, 15) is 0 Å². The van der Waals surface area contributed by atoms with Crippen LogP contribution in [0.4, 0.5) is 0 Å². The lowest BCUT2D eigenvalue weighted by atomic mass is 10.2. The van der Waals surface area contributed by atoms with E-state index < -0.39 is 0 Å². The summed E-state index contributed by atoms with van der Waals surface area (Å²) in [6.45, 7) is 8.56. The largest absolute Gasteiger partial charge is 0.370 e. The molecule has 0 aliphatic carbocycles. The predicted octanol–water partition coefficient (Wildman–Crippen LogP) is 0.533. The number of amidine groups is 1. The Bertz CT molecular complexity index is 276. The third kappa shape index (κ3) is 2.72. The van der Waals surface area contributed by atoms with Gasteiger partial charge in [-0.25, -0.2) is 4.99 Å². The Kier molecular flexibility index (Phi) is 3.26. The average Bonchev–Trinajstić information content (AvgIpc) is 2.42. The molecule has 0 radical (unpaired) electrons. The van der Waals surface area contributed by atoms with Gasteiger partial charge in [0.25, 0.3) is 0 Å². The zero-order valence-corrected chi connectivity index (χ0v) is 9.58. The molecule has 4 nitrogen and oxygen atoms in total. The maximum absolute atomic E-state index is 4.70. The molecule has 1 atom stereocenters. The van der Waals surface area contributed by atoms with Crippen molar-refractivity contribution in [3.63, 3.8) is 0 Å². The van der Waals surface area contributed by atoms with Crippen LogP contribution >= 0.6 is 0 Å². The number of nitrogens with one attached hydrogen (secondary N) is 2. The van der Waals surface area contributed by atoms with Crippen molar-refractivity contribution in [2.45, 2.75) is 26.4 Å². The van der Waals surface area contributed by atoms with Crippen molar-refractivity contribution in [3.8, 4) is 0 Å². The molecule has 2 N–H and O–H groups in total. The molecule has 2 heterocycles. The Hall–Kier alpha value is -1.03. The molecule has 84 valence electrons. The van der Waals surface area contributed by atoms with E-state index in [4.69, 9.17) is 4.99 Å². The monoisotopic (exact) mass is 208 g/mol. The highest BCUT2D eigenvalue weighted by Crippen LogP contribution is 2.10. The van der Waals surface area contributed by atoms with Gasteiger partial charge in [0.05, 0.1) is 0 Å².